The molecule has 0 fully saturated rings. The summed E-state index contributed by atoms with van der Waals surface area (Å²) in [5.41, 5.74) is 16.7. The van der Waals surface area contributed by atoms with Gasteiger partial charge in [0, 0.05) is 47.5 Å². The lowest BCUT2D eigenvalue weighted by Gasteiger charge is -2.27. The lowest BCUT2D eigenvalue weighted by Crippen LogP contribution is -2.28. The van der Waals surface area contributed by atoms with E-state index in [4.69, 9.17) is 4.74 Å². The number of hydrogen-bond donors (Lipinski definition) is 1. The van der Waals surface area contributed by atoms with Crippen molar-refractivity contribution in [3.63, 3.8) is 0 Å². The molecule has 0 unspecified atom stereocenters. The molecule has 6 aromatic carbocycles. The Hall–Kier alpha value is -6.91. The predicted octanol–water partition coefficient (Wildman–Crippen LogP) is 15.3. The van der Waals surface area contributed by atoms with Gasteiger partial charge in [-0.3, -0.25) is 0 Å². The van der Waals surface area contributed by atoms with Crippen LogP contribution in [0.3, 0.4) is 0 Å². The second-order valence-corrected chi connectivity index (χ2v) is 18.9. The molecule has 332 valence electrons. The van der Waals surface area contributed by atoms with E-state index in [-0.39, 0.29) is 16.6 Å². The van der Waals surface area contributed by atoms with E-state index in [1.54, 1.807) is 12.1 Å². The SMILES string of the molecule is CCCN1/C(=C\C=C2/CCCC(/C=C\C3=[N+](CCC)c4ccccc4C3(C)C)=C2Oc2ccc(/C(=C(/c3ccccc3)c3ccc(O)cc3)c3ccccc3)cc2)C(C)(C)c2ccccc21. The van der Waals surface area contributed by atoms with Gasteiger partial charge in [-0.15, -0.1) is 0 Å². The third-order valence-electron chi connectivity index (χ3n) is 13.7. The Kier molecular flexibility index (Phi) is 12.7. The molecule has 1 aliphatic carbocycles. The first-order chi connectivity index (χ1) is 32.1. The standard InChI is InChI=1S/C62H62N2O2/c1-7-42-63-54-28-17-15-26-52(54)61(3,4)56(63)40-34-48-24-19-25-49(35-41-57-62(5,6)53-27-16-18-29-55(53)64(57)43-8-2)60(48)66-51-38-32-47(33-39-51)59(45-22-13-10-14-23-45)58(44-20-11-9-12-21-44)46-30-36-50(65)37-31-46/h9-18,20-23,26-41H,7-8,19,24-25,42-43H2,1-6H3/p+1/b59-58-. The van der Waals surface area contributed by atoms with Gasteiger partial charge in [0.05, 0.1) is 5.41 Å². The number of phenols is 1. The van der Waals surface area contributed by atoms with Gasteiger partial charge in [0.15, 0.2) is 5.71 Å². The number of benzene rings is 6. The summed E-state index contributed by atoms with van der Waals surface area (Å²) in [6, 6.07) is 55.1. The van der Waals surface area contributed by atoms with E-state index in [9.17, 15) is 5.11 Å². The van der Waals surface area contributed by atoms with Crippen molar-refractivity contribution >= 4 is 28.2 Å². The minimum atomic E-state index is -0.133. The van der Waals surface area contributed by atoms with E-state index < -0.39 is 0 Å². The largest absolute Gasteiger partial charge is 0.508 e. The fraction of sp³-hybridized carbons (Fsp3) is 0.242. The van der Waals surface area contributed by atoms with E-state index in [0.29, 0.717) is 0 Å². The van der Waals surface area contributed by atoms with E-state index in [2.05, 4.69) is 209 Å². The summed E-state index contributed by atoms with van der Waals surface area (Å²) >= 11 is 0. The molecule has 2 aliphatic heterocycles. The first-order valence-electron chi connectivity index (χ1n) is 24.0. The molecule has 3 aliphatic rings. The maximum Gasteiger partial charge on any atom is 0.209 e. The lowest BCUT2D eigenvalue weighted by atomic mass is 9.81. The molecule has 0 bridgehead atoms. The second kappa shape index (κ2) is 18.9. The second-order valence-electron chi connectivity index (χ2n) is 18.9. The van der Waals surface area contributed by atoms with Gasteiger partial charge in [-0.25, -0.2) is 0 Å². The van der Waals surface area contributed by atoms with Gasteiger partial charge in [-0.2, -0.15) is 4.58 Å². The van der Waals surface area contributed by atoms with E-state index in [1.807, 2.05) is 12.1 Å². The summed E-state index contributed by atoms with van der Waals surface area (Å²) in [4.78, 5) is 2.53. The van der Waals surface area contributed by atoms with Crippen LogP contribution in [0, 0.1) is 0 Å². The molecular weight excluding hydrogens is 805 g/mol. The number of hydrogen-bond acceptors (Lipinski definition) is 3. The zero-order valence-electron chi connectivity index (χ0n) is 39.5. The zero-order valence-corrected chi connectivity index (χ0v) is 39.5. The van der Waals surface area contributed by atoms with Crippen LogP contribution in [0.4, 0.5) is 11.4 Å². The van der Waals surface area contributed by atoms with Crippen LogP contribution in [0.5, 0.6) is 11.5 Å². The number of aromatic hydroxyl groups is 1. The van der Waals surface area contributed by atoms with Crippen LogP contribution in [-0.4, -0.2) is 28.5 Å². The molecule has 0 saturated carbocycles. The molecule has 6 aromatic rings. The fourth-order valence-electron chi connectivity index (χ4n) is 10.5. The summed E-state index contributed by atoms with van der Waals surface area (Å²) in [5.74, 6) is 1.99. The molecule has 2 heterocycles. The minimum Gasteiger partial charge on any atom is -0.508 e. The average Bonchev–Trinajstić information content (AvgIpc) is 3.69. The first-order valence-corrected chi connectivity index (χ1v) is 24.0. The highest BCUT2D eigenvalue weighted by Crippen LogP contribution is 2.48. The first kappa shape index (κ1) is 44.3. The number of anilines is 1. The maximum absolute atomic E-state index is 10.3. The number of nitrogens with zero attached hydrogens (tertiary/aromatic N) is 2. The smallest absolute Gasteiger partial charge is 0.209 e. The minimum absolute atomic E-state index is 0.133. The maximum atomic E-state index is 10.3. The Morgan fingerprint density at radius 3 is 1.82 bits per heavy atom. The Morgan fingerprint density at radius 2 is 1.18 bits per heavy atom. The quantitative estimate of drug-likeness (QED) is 0.0928. The number of phenolic OH excluding ortho intramolecular Hbond substituents is 1. The molecule has 0 radical (unpaired) electrons. The Morgan fingerprint density at radius 1 is 0.606 bits per heavy atom. The third kappa shape index (κ3) is 8.53. The summed E-state index contributed by atoms with van der Waals surface area (Å²) in [6.45, 7) is 15.9. The van der Waals surface area contributed by atoms with Gasteiger partial charge in [0.25, 0.3) is 0 Å². The highest BCUT2D eigenvalue weighted by atomic mass is 16.5. The fourth-order valence-corrected chi connectivity index (χ4v) is 10.5. The normalized spacial score (nSPS) is 18.0. The van der Waals surface area contributed by atoms with Gasteiger partial charge < -0.3 is 14.7 Å². The predicted molar refractivity (Wildman–Crippen MR) is 276 cm³/mol. The van der Waals surface area contributed by atoms with Crippen molar-refractivity contribution < 1.29 is 14.4 Å². The summed E-state index contributed by atoms with van der Waals surface area (Å²) in [7, 11) is 0. The topological polar surface area (TPSA) is 35.7 Å². The number of allylic oxidation sites excluding steroid dienone is 7. The van der Waals surface area contributed by atoms with Gasteiger partial charge in [-0.05, 0) is 132 Å². The molecule has 0 atom stereocenters. The summed E-state index contributed by atoms with van der Waals surface area (Å²) in [6.07, 6.45) is 14.5. The van der Waals surface area contributed by atoms with Crippen molar-refractivity contribution in [2.45, 2.75) is 84.5 Å². The highest BCUT2D eigenvalue weighted by Gasteiger charge is 2.44. The van der Waals surface area contributed by atoms with Gasteiger partial charge in [-0.1, -0.05) is 155 Å². The molecule has 0 spiro atoms. The van der Waals surface area contributed by atoms with E-state index in [1.165, 1.54) is 45.1 Å². The monoisotopic (exact) mass is 867 g/mol. The molecule has 0 saturated heterocycles. The van der Waals surface area contributed by atoms with Gasteiger partial charge in [0.1, 0.15) is 23.8 Å². The van der Waals surface area contributed by atoms with Crippen molar-refractivity contribution in [2.24, 2.45) is 0 Å². The molecule has 0 amide bonds. The Labute approximate surface area is 393 Å². The van der Waals surface area contributed by atoms with Crippen molar-refractivity contribution in [1.82, 2.24) is 0 Å². The van der Waals surface area contributed by atoms with Crippen LogP contribution >= 0.6 is 0 Å². The van der Waals surface area contributed by atoms with Crippen LogP contribution < -0.4 is 9.64 Å². The summed E-state index contributed by atoms with van der Waals surface area (Å²) in [5, 5.41) is 10.3. The number of ether oxygens (including phenoxy) is 1. The van der Waals surface area contributed by atoms with E-state index >= 15 is 0 Å². The van der Waals surface area contributed by atoms with Crippen LogP contribution in [0.15, 0.2) is 205 Å². The Balaban J connectivity index is 1.16. The molecule has 66 heavy (non-hydrogen) atoms. The number of rotatable bonds is 13. The van der Waals surface area contributed by atoms with Crippen molar-refractivity contribution in [2.75, 3.05) is 18.0 Å². The summed E-state index contributed by atoms with van der Waals surface area (Å²) < 4.78 is 9.75. The Bertz CT molecular complexity index is 2910. The molecule has 1 N–H and O–H groups in total. The van der Waals surface area contributed by atoms with Gasteiger partial charge >= 0.3 is 0 Å². The van der Waals surface area contributed by atoms with Crippen molar-refractivity contribution in [3.05, 3.63) is 238 Å². The lowest BCUT2D eigenvalue weighted by molar-refractivity contribution is -0.437. The molecule has 4 heteroatoms. The van der Waals surface area contributed by atoms with Crippen molar-refractivity contribution in [3.8, 4) is 11.5 Å². The number of fused-ring (bicyclic) bond motifs is 2. The third-order valence-corrected chi connectivity index (χ3v) is 13.7. The van der Waals surface area contributed by atoms with Crippen LogP contribution in [0.2, 0.25) is 0 Å². The van der Waals surface area contributed by atoms with Crippen molar-refractivity contribution in [1.29, 1.82) is 0 Å². The van der Waals surface area contributed by atoms with Crippen LogP contribution in [0.1, 0.15) is 107 Å². The number of para-hydroxylation sites is 2. The zero-order chi connectivity index (χ0) is 45.8. The highest BCUT2D eigenvalue weighted by molar-refractivity contribution is 6.05. The van der Waals surface area contributed by atoms with Gasteiger partial charge in [0.2, 0.25) is 5.69 Å². The molecule has 0 aromatic heterocycles. The molecule has 4 nitrogen and oxygen atoms in total. The van der Waals surface area contributed by atoms with E-state index in [0.717, 1.165) is 90.1 Å². The van der Waals surface area contributed by atoms with Crippen LogP contribution in [0.25, 0.3) is 11.1 Å². The molecular formula is C62H63N2O2+. The molecule has 9 rings (SSSR count). The average molecular weight is 868 g/mol. The van der Waals surface area contributed by atoms with Crippen LogP contribution in [-0.2, 0) is 10.8 Å².